The number of carbonyl (C=O) groups excluding carboxylic acids is 1. The van der Waals surface area contributed by atoms with Crippen molar-refractivity contribution in [3.63, 3.8) is 0 Å². The van der Waals surface area contributed by atoms with Crippen LogP contribution in [0.2, 0.25) is 0 Å². The molecule has 4 heteroatoms. The lowest BCUT2D eigenvalue weighted by atomic mass is 10.1. The molecule has 3 rings (SSSR count). The summed E-state index contributed by atoms with van der Waals surface area (Å²) in [5.41, 5.74) is 3.79. The standard InChI is InChI=1S/C21H26N2OS/c1-17-4-10-20(11-5-17)25-16-21(24)22-14-18-6-8-19(9-7-18)15-23-12-2-3-13-23/h4-11H,2-3,12-16H2,1H3,(H,22,24)/p+1. The van der Waals surface area contributed by atoms with E-state index in [1.807, 2.05) is 0 Å². The molecule has 1 heterocycles. The summed E-state index contributed by atoms with van der Waals surface area (Å²) >= 11 is 1.58. The molecule has 25 heavy (non-hydrogen) atoms. The Kier molecular flexibility index (Phi) is 6.54. The van der Waals surface area contributed by atoms with Crippen molar-refractivity contribution in [3.8, 4) is 0 Å². The number of likely N-dealkylation sites (tertiary alicyclic amines) is 1. The fraction of sp³-hybridized carbons (Fsp3) is 0.381. The highest BCUT2D eigenvalue weighted by Crippen LogP contribution is 2.17. The number of hydrogen-bond acceptors (Lipinski definition) is 2. The summed E-state index contributed by atoms with van der Waals surface area (Å²) in [7, 11) is 0. The van der Waals surface area contributed by atoms with E-state index in [-0.39, 0.29) is 5.91 Å². The van der Waals surface area contributed by atoms with Gasteiger partial charge in [-0.05, 0) is 24.6 Å². The van der Waals surface area contributed by atoms with Gasteiger partial charge in [-0.2, -0.15) is 0 Å². The van der Waals surface area contributed by atoms with Gasteiger partial charge in [-0.3, -0.25) is 4.79 Å². The Morgan fingerprint density at radius 1 is 1.00 bits per heavy atom. The van der Waals surface area contributed by atoms with Crippen LogP contribution in [0.1, 0.15) is 29.5 Å². The maximum absolute atomic E-state index is 12.0. The van der Waals surface area contributed by atoms with E-state index in [4.69, 9.17) is 0 Å². The van der Waals surface area contributed by atoms with Crippen molar-refractivity contribution in [1.29, 1.82) is 0 Å². The summed E-state index contributed by atoms with van der Waals surface area (Å²) in [5.74, 6) is 0.538. The molecule has 1 aliphatic rings. The number of rotatable bonds is 7. The molecule has 1 aliphatic heterocycles. The van der Waals surface area contributed by atoms with Crippen LogP contribution in [0, 0.1) is 6.92 Å². The topological polar surface area (TPSA) is 33.5 Å². The molecule has 2 aromatic rings. The number of thioether (sulfide) groups is 1. The van der Waals surface area contributed by atoms with E-state index in [2.05, 4.69) is 60.8 Å². The predicted octanol–water partition coefficient (Wildman–Crippen LogP) is 2.58. The van der Waals surface area contributed by atoms with E-state index in [0.717, 1.165) is 17.0 Å². The van der Waals surface area contributed by atoms with Crippen LogP contribution in [-0.4, -0.2) is 24.7 Å². The Morgan fingerprint density at radius 3 is 2.32 bits per heavy atom. The van der Waals surface area contributed by atoms with Crippen LogP contribution < -0.4 is 10.2 Å². The van der Waals surface area contributed by atoms with Gasteiger partial charge in [0.1, 0.15) is 6.54 Å². The highest BCUT2D eigenvalue weighted by atomic mass is 32.2. The normalized spacial score (nSPS) is 14.6. The quantitative estimate of drug-likeness (QED) is 0.749. The highest BCUT2D eigenvalue weighted by Gasteiger charge is 2.15. The van der Waals surface area contributed by atoms with Crippen molar-refractivity contribution in [1.82, 2.24) is 5.32 Å². The van der Waals surface area contributed by atoms with Crippen LogP contribution in [-0.2, 0) is 17.9 Å². The van der Waals surface area contributed by atoms with Gasteiger partial charge >= 0.3 is 0 Å². The molecule has 0 saturated carbocycles. The monoisotopic (exact) mass is 355 g/mol. The van der Waals surface area contributed by atoms with Crippen molar-refractivity contribution in [3.05, 3.63) is 65.2 Å². The van der Waals surface area contributed by atoms with E-state index in [0.29, 0.717) is 12.3 Å². The molecule has 2 aromatic carbocycles. The summed E-state index contributed by atoms with van der Waals surface area (Å²) in [6.07, 6.45) is 2.72. The van der Waals surface area contributed by atoms with E-state index >= 15 is 0 Å². The number of carbonyl (C=O) groups is 1. The number of amides is 1. The molecule has 0 aliphatic carbocycles. The third kappa shape index (κ3) is 5.91. The van der Waals surface area contributed by atoms with E-state index < -0.39 is 0 Å². The third-order valence-corrected chi connectivity index (χ3v) is 5.68. The van der Waals surface area contributed by atoms with Crippen LogP contribution in [0.4, 0.5) is 0 Å². The van der Waals surface area contributed by atoms with E-state index in [9.17, 15) is 4.79 Å². The van der Waals surface area contributed by atoms with Crippen molar-refractivity contribution in [2.24, 2.45) is 0 Å². The van der Waals surface area contributed by atoms with Gasteiger partial charge in [0.2, 0.25) is 5.91 Å². The Balaban J connectivity index is 1.39. The van der Waals surface area contributed by atoms with Crippen LogP contribution in [0.15, 0.2) is 53.4 Å². The van der Waals surface area contributed by atoms with Crippen molar-refractivity contribution >= 4 is 17.7 Å². The summed E-state index contributed by atoms with van der Waals surface area (Å²) in [6, 6.07) is 17.0. The molecule has 1 saturated heterocycles. The number of nitrogens with one attached hydrogen (secondary N) is 2. The molecule has 3 nitrogen and oxygen atoms in total. The minimum Gasteiger partial charge on any atom is -0.351 e. The van der Waals surface area contributed by atoms with Gasteiger partial charge in [0, 0.05) is 29.8 Å². The fourth-order valence-electron chi connectivity index (χ4n) is 3.15. The second-order valence-electron chi connectivity index (χ2n) is 6.83. The molecule has 132 valence electrons. The van der Waals surface area contributed by atoms with Crippen molar-refractivity contribution in [2.75, 3.05) is 18.8 Å². The molecule has 0 bridgehead atoms. The molecule has 0 unspecified atom stereocenters. The zero-order chi connectivity index (χ0) is 17.5. The Morgan fingerprint density at radius 2 is 1.64 bits per heavy atom. The van der Waals surface area contributed by atoms with E-state index in [1.54, 1.807) is 16.7 Å². The molecule has 0 aromatic heterocycles. The Hall–Kier alpha value is -1.78. The maximum atomic E-state index is 12.0. The van der Waals surface area contributed by atoms with Gasteiger partial charge in [-0.1, -0.05) is 42.0 Å². The average molecular weight is 356 g/mol. The largest absolute Gasteiger partial charge is 0.351 e. The Bertz CT molecular complexity index is 676. The van der Waals surface area contributed by atoms with Gasteiger partial charge in [0.25, 0.3) is 0 Å². The van der Waals surface area contributed by atoms with E-state index in [1.165, 1.54) is 37.1 Å². The summed E-state index contributed by atoms with van der Waals surface area (Å²) in [6.45, 7) is 6.40. The first-order valence-electron chi connectivity index (χ1n) is 9.06. The molecular formula is C21H27N2OS+. The minimum atomic E-state index is 0.0798. The molecule has 1 amide bonds. The first-order valence-corrected chi connectivity index (χ1v) is 10.1. The summed E-state index contributed by atoms with van der Waals surface area (Å²) in [4.78, 5) is 14.8. The number of quaternary nitrogens is 1. The lowest BCUT2D eigenvalue weighted by Crippen LogP contribution is -3.08. The average Bonchev–Trinajstić information content (AvgIpc) is 3.14. The van der Waals surface area contributed by atoms with Gasteiger partial charge in [-0.25, -0.2) is 0 Å². The van der Waals surface area contributed by atoms with Gasteiger partial charge in [0.15, 0.2) is 0 Å². The molecular weight excluding hydrogens is 328 g/mol. The van der Waals surface area contributed by atoms with Crippen LogP contribution in [0.3, 0.4) is 0 Å². The highest BCUT2D eigenvalue weighted by molar-refractivity contribution is 8.00. The minimum absolute atomic E-state index is 0.0798. The third-order valence-electron chi connectivity index (χ3n) is 4.67. The molecule has 0 atom stereocenters. The predicted molar refractivity (Wildman–Crippen MR) is 104 cm³/mol. The summed E-state index contributed by atoms with van der Waals surface area (Å²) < 4.78 is 0. The fourth-order valence-corrected chi connectivity index (χ4v) is 3.88. The lowest BCUT2D eigenvalue weighted by Gasteiger charge is -2.12. The number of benzene rings is 2. The van der Waals surface area contributed by atoms with Gasteiger partial charge in [0.05, 0.1) is 18.8 Å². The second-order valence-corrected chi connectivity index (χ2v) is 7.88. The molecule has 1 fully saturated rings. The van der Waals surface area contributed by atoms with Gasteiger partial charge < -0.3 is 10.2 Å². The lowest BCUT2D eigenvalue weighted by molar-refractivity contribution is -0.901. The first-order chi connectivity index (χ1) is 12.2. The maximum Gasteiger partial charge on any atom is 0.230 e. The summed E-state index contributed by atoms with van der Waals surface area (Å²) in [5, 5.41) is 3.01. The zero-order valence-electron chi connectivity index (χ0n) is 14.9. The van der Waals surface area contributed by atoms with Gasteiger partial charge in [-0.15, -0.1) is 11.8 Å². The zero-order valence-corrected chi connectivity index (χ0v) is 15.7. The SMILES string of the molecule is Cc1ccc(SCC(=O)NCc2ccc(C[NH+]3CCCC3)cc2)cc1. The Labute approximate surface area is 154 Å². The molecule has 0 radical (unpaired) electrons. The second kappa shape index (κ2) is 9.07. The van der Waals surface area contributed by atoms with Crippen molar-refractivity contribution < 1.29 is 9.69 Å². The van der Waals surface area contributed by atoms with Crippen LogP contribution in [0.25, 0.3) is 0 Å². The number of hydrogen-bond donors (Lipinski definition) is 2. The molecule has 2 N–H and O–H groups in total. The van der Waals surface area contributed by atoms with Crippen LogP contribution >= 0.6 is 11.8 Å². The number of aryl methyl sites for hydroxylation is 1. The first kappa shape index (κ1) is 18.0. The smallest absolute Gasteiger partial charge is 0.230 e. The van der Waals surface area contributed by atoms with Crippen molar-refractivity contribution in [2.45, 2.75) is 37.8 Å². The van der Waals surface area contributed by atoms with Crippen LogP contribution in [0.5, 0.6) is 0 Å². The molecule has 0 spiro atoms.